The second-order valence-electron chi connectivity index (χ2n) is 6.89. The van der Waals surface area contributed by atoms with E-state index in [1.807, 2.05) is 19.1 Å². The molecule has 0 aromatic heterocycles. The van der Waals surface area contributed by atoms with Crippen LogP contribution in [0.2, 0.25) is 10.0 Å². The van der Waals surface area contributed by atoms with E-state index in [1.54, 1.807) is 41.3 Å². The number of carbonyl (C=O) groups is 2. The molecule has 0 saturated heterocycles. The second kappa shape index (κ2) is 7.90. The summed E-state index contributed by atoms with van der Waals surface area (Å²) in [5, 5.41) is 3.69. The molecular formula is C22H18Cl2N2O2S. The van der Waals surface area contributed by atoms with E-state index in [1.165, 1.54) is 0 Å². The zero-order valence-corrected chi connectivity index (χ0v) is 18.0. The first kappa shape index (κ1) is 20.1. The molecule has 2 aliphatic rings. The number of thiol groups is 1. The van der Waals surface area contributed by atoms with Crippen LogP contribution in [-0.4, -0.2) is 22.1 Å². The van der Waals surface area contributed by atoms with Gasteiger partial charge in [0.15, 0.2) is 0 Å². The molecule has 1 N–H and O–H groups in total. The van der Waals surface area contributed by atoms with Gasteiger partial charge in [-0.25, -0.2) is 0 Å². The Morgan fingerprint density at radius 2 is 1.48 bits per heavy atom. The fourth-order valence-corrected chi connectivity index (χ4v) is 4.39. The molecule has 7 heteroatoms. The van der Waals surface area contributed by atoms with Crippen LogP contribution in [0.5, 0.6) is 0 Å². The van der Waals surface area contributed by atoms with Crippen molar-refractivity contribution >= 4 is 59.0 Å². The van der Waals surface area contributed by atoms with Crippen molar-refractivity contribution in [2.75, 3.05) is 0 Å². The van der Waals surface area contributed by atoms with Gasteiger partial charge in [-0.2, -0.15) is 12.6 Å². The Bertz CT molecular complexity index is 1060. The Morgan fingerprint density at radius 3 is 2.03 bits per heavy atom. The number of hydrogen-bond donors (Lipinski definition) is 2. The highest BCUT2D eigenvalue weighted by Gasteiger charge is 2.46. The lowest BCUT2D eigenvalue weighted by Gasteiger charge is -2.27. The Kier molecular flexibility index (Phi) is 5.47. The zero-order chi connectivity index (χ0) is 20.7. The van der Waals surface area contributed by atoms with Crippen LogP contribution >= 0.6 is 35.8 Å². The summed E-state index contributed by atoms with van der Waals surface area (Å²) in [5.74, 6) is -0.538. The summed E-state index contributed by atoms with van der Waals surface area (Å²) in [4.78, 5) is 28.1. The summed E-state index contributed by atoms with van der Waals surface area (Å²) in [7, 11) is 0. The average Bonchev–Trinajstić information content (AvgIpc) is 3.19. The van der Waals surface area contributed by atoms with Gasteiger partial charge in [0, 0.05) is 10.0 Å². The van der Waals surface area contributed by atoms with Gasteiger partial charge in [-0.05, 0) is 41.8 Å². The minimum absolute atomic E-state index is 0.235. The Hall–Kier alpha value is -2.21. The average molecular weight is 445 g/mol. The van der Waals surface area contributed by atoms with Gasteiger partial charge in [-0.1, -0.05) is 60.8 Å². The molecule has 2 aliphatic heterocycles. The van der Waals surface area contributed by atoms with Gasteiger partial charge in [-0.3, -0.25) is 14.5 Å². The lowest BCUT2D eigenvalue weighted by molar-refractivity contribution is -0.123. The molecule has 0 bridgehead atoms. The molecule has 1 atom stereocenters. The molecule has 4 rings (SSSR count). The van der Waals surface area contributed by atoms with E-state index < -0.39 is 0 Å². The topological polar surface area (TPSA) is 49.4 Å². The minimum atomic E-state index is -0.344. The van der Waals surface area contributed by atoms with E-state index >= 15 is 0 Å². The predicted molar refractivity (Wildman–Crippen MR) is 119 cm³/mol. The van der Waals surface area contributed by atoms with E-state index in [0.717, 1.165) is 17.5 Å². The third-order valence-corrected chi connectivity index (χ3v) is 5.96. The molecule has 148 valence electrons. The zero-order valence-electron chi connectivity index (χ0n) is 15.6. The molecule has 0 aliphatic carbocycles. The van der Waals surface area contributed by atoms with Crippen molar-refractivity contribution in [2.24, 2.45) is 0 Å². The van der Waals surface area contributed by atoms with Crippen LogP contribution < -0.4 is 5.32 Å². The first-order valence-electron chi connectivity index (χ1n) is 9.26. The van der Waals surface area contributed by atoms with E-state index in [4.69, 9.17) is 23.2 Å². The summed E-state index contributed by atoms with van der Waals surface area (Å²) in [5.41, 5.74) is 3.28. The van der Waals surface area contributed by atoms with Crippen LogP contribution in [0.15, 0.2) is 59.7 Å². The minimum Gasteiger partial charge on any atom is -0.321 e. The number of nitrogens with one attached hydrogen (secondary N) is 1. The Labute approximate surface area is 184 Å². The summed E-state index contributed by atoms with van der Waals surface area (Å²) in [6.45, 7) is 2.03. The first-order chi connectivity index (χ1) is 13.9. The van der Waals surface area contributed by atoms with Crippen molar-refractivity contribution in [1.82, 2.24) is 10.2 Å². The van der Waals surface area contributed by atoms with Gasteiger partial charge in [0.25, 0.3) is 11.8 Å². The van der Waals surface area contributed by atoms with Crippen LogP contribution in [0.3, 0.4) is 0 Å². The van der Waals surface area contributed by atoms with Gasteiger partial charge in [0.05, 0.1) is 27.9 Å². The van der Waals surface area contributed by atoms with Gasteiger partial charge >= 0.3 is 0 Å². The SMILES string of the molecule is CCCC(S)N1C(=O)C2=C(c3ccc(Cl)cc3)NC(=O)C2=C1c1ccc(Cl)cc1. The van der Waals surface area contributed by atoms with Crippen molar-refractivity contribution in [2.45, 2.75) is 25.1 Å². The summed E-state index contributed by atoms with van der Waals surface area (Å²) in [6.07, 6.45) is 1.56. The maximum Gasteiger partial charge on any atom is 0.262 e. The highest BCUT2D eigenvalue weighted by molar-refractivity contribution is 7.80. The molecule has 2 aromatic rings. The lowest BCUT2D eigenvalue weighted by Crippen LogP contribution is -2.33. The van der Waals surface area contributed by atoms with Crippen molar-refractivity contribution in [1.29, 1.82) is 0 Å². The number of fused-ring (bicyclic) bond motifs is 1. The number of hydrogen-bond acceptors (Lipinski definition) is 3. The van der Waals surface area contributed by atoms with E-state index in [0.29, 0.717) is 39.0 Å². The third-order valence-electron chi connectivity index (χ3n) is 4.97. The highest BCUT2D eigenvalue weighted by atomic mass is 35.5. The normalized spacial score (nSPS) is 17.2. The summed E-state index contributed by atoms with van der Waals surface area (Å²) < 4.78 is 0. The van der Waals surface area contributed by atoms with E-state index in [2.05, 4.69) is 17.9 Å². The molecular weight excluding hydrogens is 427 g/mol. The standard InChI is InChI=1S/C22H18Cl2N2O2S/c1-2-3-16(29)26-20(13-6-10-15(24)11-7-13)18-17(22(26)28)19(25-21(18)27)12-4-8-14(23)9-5-12/h4-11,16,29H,2-3H2,1H3,(H,25,27). The van der Waals surface area contributed by atoms with Crippen LogP contribution in [0.4, 0.5) is 0 Å². The predicted octanol–water partition coefficient (Wildman–Crippen LogP) is 5.14. The number of rotatable bonds is 5. The monoisotopic (exact) mass is 444 g/mol. The van der Waals surface area contributed by atoms with Gasteiger partial charge in [0.2, 0.25) is 0 Å². The fraction of sp³-hybridized carbons (Fsp3) is 0.182. The molecule has 2 heterocycles. The van der Waals surface area contributed by atoms with Crippen LogP contribution in [0.1, 0.15) is 30.9 Å². The molecule has 2 amide bonds. The van der Waals surface area contributed by atoms with Crippen molar-refractivity contribution in [3.8, 4) is 0 Å². The van der Waals surface area contributed by atoms with Gasteiger partial charge in [0.1, 0.15) is 0 Å². The second-order valence-corrected chi connectivity index (χ2v) is 8.35. The first-order valence-corrected chi connectivity index (χ1v) is 10.5. The number of carbonyl (C=O) groups excluding carboxylic acids is 2. The maximum atomic E-state index is 13.5. The van der Waals surface area contributed by atoms with Crippen molar-refractivity contribution in [3.05, 3.63) is 80.8 Å². The lowest BCUT2D eigenvalue weighted by atomic mass is 10.0. The summed E-state index contributed by atoms with van der Waals surface area (Å²) in [6, 6.07) is 14.2. The van der Waals surface area contributed by atoms with Gasteiger partial charge in [-0.15, -0.1) is 0 Å². The molecule has 29 heavy (non-hydrogen) atoms. The maximum absolute atomic E-state index is 13.5. The smallest absolute Gasteiger partial charge is 0.262 e. The van der Waals surface area contributed by atoms with Crippen LogP contribution in [-0.2, 0) is 9.59 Å². The molecule has 1 unspecified atom stereocenters. The fourth-order valence-electron chi connectivity index (χ4n) is 3.66. The van der Waals surface area contributed by atoms with Crippen molar-refractivity contribution < 1.29 is 9.59 Å². The van der Waals surface area contributed by atoms with Crippen LogP contribution in [0, 0.1) is 0 Å². The molecule has 2 aromatic carbocycles. The molecule has 0 spiro atoms. The van der Waals surface area contributed by atoms with Crippen molar-refractivity contribution in [3.63, 3.8) is 0 Å². The highest BCUT2D eigenvalue weighted by Crippen LogP contribution is 2.44. The van der Waals surface area contributed by atoms with Gasteiger partial charge < -0.3 is 5.32 Å². The summed E-state index contributed by atoms with van der Waals surface area (Å²) >= 11 is 16.7. The Balaban J connectivity index is 1.94. The largest absolute Gasteiger partial charge is 0.321 e. The number of nitrogens with zero attached hydrogens (tertiary/aromatic N) is 1. The van der Waals surface area contributed by atoms with Crippen LogP contribution in [0.25, 0.3) is 11.4 Å². The number of amides is 2. The molecule has 0 saturated carbocycles. The third kappa shape index (κ3) is 3.48. The number of benzene rings is 2. The van der Waals surface area contributed by atoms with E-state index in [-0.39, 0.29) is 17.2 Å². The molecule has 4 nitrogen and oxygen atoms in total. The quantitative estimate of drug-likeness (QED) is 0.626. The Morgan fingerprint density at radius 1 is 0.931 bits per heavy atom. The molecule has 0 radical (unpaired) electrons. The number of halogens is 2. The molecule has 0 fully saturated rings. The van der Waals surface area contributed by atoms with E-state index in [9.17, 15) is 9.59 Å².